The first kappa shape index (κ1) is 11.1. The Kier molecular flexibility index (Phi) is 3.06. The first-order chi connectivity index (χ1) is 8.20. The normalized spacial score (nSPS) is 11.8. The maximum absolute atomic E-state index is 8.89. The summed E-state index contributed by atoms with van der Waals surface area (Å²) in [5.41, 5.74) is 0.280. The van der Waals surface area contributed by atoms with Gasteiger partial charge in [-0.15, -0.1) is 0 Å². The first-order valence-corrected chi connectivity index (χ1v) is 5.24. The van der Waals surface area contributed by atoms with E-state index in [-0.39, 0.29) is 11.7 Å². The summed E-state index contributed by atoms with van der Waals surface area (Å²) >= 11 is 0. The number of nitriles is 1. The van der Waals surface area contributed by atoms with Crippen LogP contribution in [0.4, 0.5) is 5.82 Å². The summed E-state index contributed by atoms with van der Waals surface area (Å²) in [4.78, 5) is 8.02. The molecule has 0 saturated carbocycles. The van der Waals surface area contributed by atoms with Gasteiger partial charge in [0.05, 0.1) is 6.04 Å². The zero-order valence-electron chi connectivity index (χ0n) is 9.64. The molecule has 1 atom stereocenters. The molecule has 86 valence electrons. The summed E-state index contributed by atoms with van der Waals surface area (Å²) in [6.07, 6.45) is 3.04. The standard InChI is InChI=1S/C12H12N4O/c1-8-3-4-11(17-8)9(2)16-12-10(7-13)14-5-6-15-12/h3-6,9H,1-2H3,(H,15,16). The van der Waals surface area contributed by atoms with E-state index in [2.05, 4.69) is 15.3 Å². The summed E-state index contributed by atoms with van der Waals surface area (Å²) in [6, 6.07) is 5.72. The van der Waals surface area contributed by atoms with Crippen LogP contribution >= 0.6 is 0 Å². The van der Waals surface area contributed by atoms with Crippen LogP contribution in [0.15, 0.2) is 28.9 Å². The van der Waals surface area contributed by atoms with Gasteiger partial charge in [-0.25, -0.2) is 9.97 Å². The Morgan fingerprint density at radius 1 is 1.35 bits per heavy atom. The van der Waals surface area contributed by atoms with Crippen LogP contribution in [-0.2, 0) is 0 Å². The van der Waals surface area contributed by atoms with Crippen LogP contribution in [0.25, 0.3) is 0 Å². The second kappa shape index (κ2) is 4.66. The van der Waals surface area contributed by atoms with E-state index in [1.165, 1.54) is 6.20 Å². The summed E-state index contributed by atoms with van der Waals surface area (Å²) < 4.78 is 5.50. The maximum Gasteiger partial charge on any atom is 0.182 e. The average molecular weight is 228 g/mol. The van der Waals surface area contributed by atoms with E-state index in [0.717, 1.165) is 11.5 Å². The number of rotatable bonds is 3. The second-order valence-electron chi connectivity index (χ2n) is 3.68. The van der Waals surface area contributed by atoms with E-state index in [1.807, 2.05) is 32.0 Å². The third-order valence-electron chi connectivity index (χ3n) is 2.35. The molecule has 5 heteroatoms. The van der Waals surface area contributed by atoms with Gasteiger partial charge in [0.15, 0.2) is 11.5 Å². The van der Waals surface area contributed by atoms with Gasteiger partial charge in [0.25, 0.3) is 0 Å². The van der Waals surface area contributed by atoms with E-state index < -0.39 is 0 Å². The van der Waals surface area contributed by atoms with Crippen molar-refractivity contribution in [1.82, 2.24) is 9.97 Å². The Morgan fingerprint density at radius 3 is 2.76 bits per heavy atom. The zero-order valence-corrected chi connectivity index (χ0v) is 9.64. The Bertz CT molecular complexity index is 556. The van der Waals surface area contributed by atoms with Gasteiger partial charge >= 0.3 is 0 Å². The predicted molar refractivity (Wildman–Crippen MR) is 62.2 cm³/mol. The molecule has 0 radical (unpaired) electrons. The van der Waals surface area contributed by atoms with Crippen molar-refractivity contribution in [3.63, 3.8) is 0 Å². The smallest absolute Gasteiger partial charge is 0.182 e. The van der Waals surface area contributed by atoms with Gasteiger partial charge in [0, 0.05) is 12.4 Å². The molecule has 17 heavy (non-hydrogen) atoms. The molecule has 2 heterocycles. The second-order valence-corrected chi connectivity index (χ2v) is 3.68. The number of furan rings is 1. The van der Waals surface area contributed by atoms with Gasteiger partial charge in [-0.05, 0) is 26.0 Å². The fourth-order valence-electron chi connectivity index (χ4n) is 1.49. The highest BCUT2D eigenvalue weighted by Crippen LogP contribution is 2.20. The summed E-state index contributed by atoms with van der Waals surface area (Å²) in [5.74, 6) is 2.13. The lowest BCUT2D eigenvalue weighted by atomic mass is 10.2. The van der Waals surface area contributed by atoms with Gasteiger partial charge in [-0.2, -0.15) is 5.26 Å². The van der Waals surface area contributed by atoms with Crippen molar-refractivity contribution in [1.29, 1.82) is 5.26 Å². The van der Waals surface area contributed by atoms with E-state index in [4.69, 9.17) is 9.68 Å². The van der Waals surface area contributed by atoms with Crippen molar-refractivity contribution >= 4 is 5.82 Å². The van der Waals surface area contributed by atoms with Crippen LogP contribution < -0.4 is 5.32 Å². The van der Waals surface area contributed by atoms with E-state index >= 15 is 0 Å². The summed E-state index contributed by atoms with van der Waals surface area (Å²) in [5, 5.41) is 12.0. The molecule has 0 aromatic carbocycles. The first-order valence-electron chi connectivity index (χ1n) is 5.24. The highest BCUT2D eigenvalue weighted by molar-refractivity contribution is 5.47. The molecule has 0 aliphatic carbocycles. The Hall–Kier alpha value is -2.35. The molecule has 2 aromatic rings. The molecular weight excluding hydrogens is 216 g/mol. The SMILES string of the molecule is Cc1ccc(C(C)Nc2nccnc2C#N)o1. The largest absolute Gasteiger partial charge is 0.464 e. The quantitative estimate of drug-likeness (QED) is 0.873. The molecule has 5 nitrogen and oxygen atoms in total. The molecular formula is C12H12N4O. The molecule has 0 spiro atoms. The van der Waals surface area contributed by atoms with Crippen LogP contribution in [-0.4, -0.2) is 9.97 Å². The molecule has 0 amide bonds. The van der Waals surface area contributed by atoms with Crippen molar-refractivity contribution < 1.29 is 4.42 Å². The van der Waals surface area contributed by atoms with Crippen LogP contribution in [0.3, 0.4) is 0 Å². The number of aromatic nitrogens is 2. The van der Waals surface area contributed by atoms with E-state index in [9.17, 15) is 0 Å². The lowest BCUT2D eigenvalue weighted by molar-refractivity contribution is 0.466. The topological polar surface area (TPSA) is 74.7 Å². The van der Waals surface area contributed by atoms with Crippen LogP contribution in [0.5, 0.6) is 0 Å². The van der Waals surface area contributed by atoms with Gasteiger partial charge in [0.2, 0.25) is 0 Å². The van der Waals surface area contributed by atoms with Crippen molar-refractivity contribution in [3.8, 4) is 6.07 Å². The summed E-state index contributed by atoms with van der Waals surface area (Å²) in [6.45, 7) is 3.83. The minimum atomic E-state index is -0.0625. The van der Waals surface area contributed by atoms with E-state index in [1.54, 1.807) is 6.20 Å². The van der Waals surface area contributed by atoms with E-state index in [0.29, 0.717) is 5.82 Å². The molecule has 1 N–H and O–H groups in total. The van der Waals surface area contributed by atoms with Gasteiger partial charge < -0.3 is 9.73 Å². The number of hydrogen-bond donors (Lipinski definition) is 1. The third kappa shape index (κ3) is 2.42. The Morgan fingerprint density at radius 2 is 2.12 bits per heavy atom. The maximum atomic E-state index is 8.89. The number of hydrogen-bond acceptors (Lipinski definition) is 5. The minimum absolute atomic E-state index is 0.0625. The minimum Gasteiger partial charge on any atom is -0.464 e. The Labute approximate surface area is 99.1 Å². The van der Waals surface area contributed by atoms with Crippen LogP contribution in [0.2, 0.25) is 0 Å². The fraction of sp³-hybridized carbons (Fsp3) is 0.250. The predicted octanol–water partition coefficient (Wildman–Crippen LogP) is 2.42. The molecule has 0 aliphatic heterocycles. The number of nitrogens with one attached hydrogen (secondary N) is 1. The molecule has 0 bridgehead atoms. The number of anilines is 1. The molecule has 0 aliphatic rings. The van der Waals surface area contributed by atoms with Crippen molar-refractivity contribution in [3.05, 3.63) is 41.7 Å². The molecule has 2 rings (SSSR count). The molecule has 2 aromatic heterocycles. The number of nitrogens with zero attached hydrogens (tertiary/aromatic N) is 3. The zero-order chi connectivity index (χ0) is 12.3. The third-order valence-corrected chi connectivity index (χ3v) is 2.35. The van der Waals surface area contributed by atoms with Gasteiger partial charge in [0.1, 0.15) is 17.6 Å². The van der Waals surface area contributed by atoms with Crippen LogP contribution in [0, 0.1) is 18.3 Å². The summed E-state index contributed by atoms with van der Waals surface area (Å²) in [7, 11) is 0. The highest BCUT2D eigenvalue weighted by atomic mass is 16.3. The molecule has 1 unspecified atom stereocenters. The van der Waals surface area contributed by atoms with Gasteiger partial charge in [-0.1, -0.05) is 0 Å². The Balaban J connectivity index is 2.19. The lowest BCUT2D eigenvalue weighted by Crippen LogP contribution is -2.09. The molecule has 0 saturated heterocycles. The van der Waals surface area contributed by atoms with Crippen molar-refractivity contribution in [2.24, 2.45) is 0 Å². The van der Waals surface area contributed by atoms with Crippen molar-refractivity contribution in [2.75, 3.05) is 5.32 Å². The van der Waals surface area contributed by atoms with Crippen molar-refractivity contribution in [2.45, 2.75) is 19.9 Å². The lowest BCUT2D eigenvalue weighted by Gasteiger charge is -2.12. The van der Waals surface area contributed by atoms with Crippen LogP contribution in [0.1, 0.15) is 30.2 Å². The highest BCUT2D eigenvalue weighted by Gasteiger charge is 2.12. The number of aryl methyl sites for hydroxylation is 1. The molecule has 0 fully saturated rings. The monoisotopic (exact) mass is 228 g/mol. The average Bonchev–Trinajstić information content (AvgIpc) is 2.77. The fourth-order valence-corrected chi connectivity index (χ4v) is 1.49. The van der Waals surface area contributed by atoms with Gasteiger partial charge in [-0.3, -0.25) is 0 Å².